The first-order valence-corrected chi connectivity index (χ1v) is 7.09. The summed E-state index contributed by atoms with van der Waals surface area (Å²) in [7, 11) is 1.95. The van der Waals surface area contributed by atoms with Crippen molar-refractivity contribution < 1.29 is 0 Å². The third-order valence-corrected chi connectivity index (χ3v) is 3.86. The van der Waals surface area contributed by atoms with E-state index in [1.54, 1.807) is 17.7 Å². The minimum atomic E-state index is 0.735. The van der Waals surface area contributed by atoms with Crippen LogP contribution in [0.3, 0.4) is 0 Å². The van der Waals surface area contributed by atoms with E-state index in [9.17, 15) is 0 Å². The van der Waals surface area contributed by atoms with Crippen LogP contribution in [0.4, 0.5) is 5.82 Å². The van der Waals surface area contributed by atoms with Gasteiger partial charge in [-0.3, -0.25) is 4.68 Å². The standard InChI is InChI=1S/C13H15N5S/c1-3-11-9(7-18(2)17-11)6-14-12-10-4-5-19-13(10)16-8-15-12/h4-5,7-8H,3,6H2,1-2H3,(H,14,15,16). The Kier molecular flexibility index (Phi) is 3.16. The van der Waals surface area contributed by atoms with Crippen molar-refractivity contribution in [2.24, 2.45) is 7.05 Å². The molecule has 3 heterocycles. The maximum absolute atomic E-state index is 4.44. The molecule has 6 heteroatoms. The average Bonchev–Trinajstić information content (AvgIpc) is 3.02. The first-order chi connectivity index (χ1) is 9.28. The molecule has 3 rings (SSSR count). The summed E-state index contributed by atoms with van der Waals surface area (Å²) in [5.41, 5.74) is 2.35. The Balaban J connectivity index is 1.84. The molecule has 98 valence electrons. The van der Waals surface area contributed by atoms with Crippen LogP contribution >= 0.6 is 11.3 Å². The number of rotatable bonds is 4. The van der Waals surface area contributed by atoms with E-state index < -0.39 is 0 Å². The molecule has 19 heavy (non-hydrogen) atoms. The van der Waals surface area contributed by atoms with Gasteiger partial charge in [-0.15, -0.1) is 11.3 Å². The minimum Gasteiger partial charge on any atom is -0.365 e. The molecule has 0 aliphatic rings. The zero-order chi connectivity index (χ0) is 13.2. The molecule has 0 fully saturated rings. The normalized spacial score (nSPS) is 11.1. The van der Waals surface area contributed by atoms with Gasteiger partial charge in [-0.2, -0.15) is 5.10 Å². The first kappa shape index (κ1) is 12.1. The topological polar surface area (TPSA) is 55.6 Å². The van der Waals surface area contributed by atoms with Crippen LogP contribution in [-0.4, -0.2) is 19.7 Å². The van der Waals surface area contributed by atoms with Gasteiger partial charge in [-0.25, -0.2) is 9.97 Å². The minimum absolute atomic E-state index is 0.735. The highest BCUT2D eigenvalue weighted by Crippen LogP contribution is 2.24. The zero-order valence-electron chi connectivity index (χ0n) is 10.9. The fraction of sp³-hybridized carbons (Fsp3) is 0.308. The molecule has 0 aliphatic carbocycles. The maximum atomic E-state index is 4.44. The fourth-order valence-electron chi connectivity index (χ4n) is 2.14. The highest BCUT2D eigenvalue weighted by molar-refractivity contribution is 7.16. The molecule has 0 bridgehead atoms. The second kappa shape index (κ2) is 4.97. The second-order valence-electron chi connectivity index (χ2n) is 4.34. The predicted octanol–water partition coefficient (Wildman–Crippen LogP) is 2.60. The molecule has 0 unspecified atom stereocenters. The van der Waals surface area contributed by atoms with E-state index in [4.69, 9.17) is 0 Å². The molecular weight excluding hydrogens is 258 g/mol. The molecule has 3 aromatic rings. The number of hydrogen-bond donors (Lipinski definition) is 1. The summed E-state index contributed by atoms with van der Waals surface area (Å²) < 4.78 is 1.86. The van der Waals surface area contributed by atoms with Crippen molar-refractivity contribution in [3.63, 3.8) is 0 Å². The van der Waals surface area contributed by atoms with E-state index in [2.05, 4.69) is 33.5 Å². The third kappa shape index (κ3) is 2.31. The van der Waals surface area contributed by atoms with Crippen LogP contribution in [0.15, 0.2) is 24.0 Å². The molecule has 1 N–H and O–H groups in total. The van der Waals surface area contributed by atoms with Crippen molar-refractivity contribution >= 4 is 27.4 Å². The van der Waals surface area contributed by atoms with Crippen LogP contribution in [0, 0.1) is 0 Å². The van der Waals surface area contributed by atoms with Gasteiger partial charge in [0.05, 0.1) is 11.1 Å². The van der Waals surface area contributed by atoms with Crippen LogP contribution in [0.5, 0.6) is 0 Å². The number of aryl methyl sites for hydroxylation is 2. The Labute approximate surface area is 115 Å². The Morgan fingerprint density at radius 1 is 1.37 bits per heavy atom. The summed E-state index contributed by atoms with van der Waals surface area (Å²) in [6, 6.07) is 2.05. The molecule has 0 amide bonds. The fourth-order valence-corrected chi connectivity index (χ4v) is 2.87. The van der Waals surface area contributed by atoms with Gasteiger partial charge in [0.2, 0.25) is 0 Å². The van der Waals surface area contributed by atoms with Gasteiger partial charge < -0.3 is 5.32 Å². The van der Waals surface area contributed by atoms with E-state index >= 15 is 0 Å². The maximum Gasteiger partial charge on any atom is 0.138 e. The van der Waals surface area contributed by atoms with Crippen LogP contribution in [0.2, 0.25) is 0 Å². The number of aromatic nitrogens is 4. The molecule has 5 nitrogen and oxygen atoms in total. The molecule has 0 saturated heterocycles. The predicted molar refractivity (Wildman–Crippen MR) is 77.3 cm³/mol. The smallest absolute Gasteiger partial charge is 0.138 e. The van der Waals surface area contributed by atoms with Gasteiger partial charge in [0.25, 0.3) is 0 Å². The summed E-state index contributed by atoms with van der Waals surface area (Å²) in [4.78, 5) is 9.57. The highest BCUT2D eigenvalue weighted by Gasteiger charge is 2.08. The lowest BCUT2D eigenvalue weighted by atomic mass is 10.2. The largest absolute Gasteiger partial charge is 0.365 e. The number of nitrogens with zero attached hydrogens (tertiary/aromatic N) is 4. The molecule has 0 atom stereocenters. The first-order valence-electron chi connectivity index (χ1n) is 6.21. The average molecular weight is 273 g/mol. The lowest BCUT2D eigenvalue weighted by molar-refractivity contribution is 0.746. The lowest BCUT2D eigenvalue weighted by Crippen LogP contribution is -2.03. The number of fused-ring (bicyclic) bond motifs is 1. The van der Waals surface area contributed by atoms with Gasteiger partial charge in [-0.1, -0.05) is 6.92 Å². The number of anilines is 1. The van der Waals surface area contributed by atoms with E-state index in [1.165, 1.54) is 5.56 Å². The Morgan fingerprint density at radius 3 is 3.11 bits per heavy atom. The SMILES string of the molecule is CCc1nn(C)cc1CNc1ncnc2sccc12. The molecule has 0 radical (unpaired) electrons. The van der Waals surface area contributed by atoms with Crippen molar-refractivity contribution in [2.75, 3.05) is 5.32 Å². The van der Waals surface area contributed by atoms with Crippen LogP contribution in [0.25, 0.3) is 10.2 Å². The Morgan fingerprint density at radius 2 is 2.26 bits per heavy atom. The number of nitrogens with one attached hydrogen (secondary N) is 1. The van der Waals surface area contributed by atoms with E-state index in [0.717, 1.165) is 34.7 Å². The summed E-state index contributed by atoms with van der Waals surface area (Å²) in [5, 5.41) is 10.9. The summed E-state index contributed by atoms with van der Waals surface area (Å²) in [6.45, 7) is 2.85. The number of hydrogen-bond acceptors (Lipinski definition) is 5. The summed E-state index contributed by atoms with van der Waals surface area (Å²) in [6.07, 6.45) is 4.60. The van der Waals surface area contributed by atoms with E-state index in [-0.39, 0.29) is 0 Å². The molecule has 0 aromatic carbocycles. The third-order valence-electron chi connectivity index (χ3n) is 3.03. The Hall–Kier alpha value is -1.95. The van der Waals surface area contributed by atoms with Crippen molar-refractivity contribution in [3.05, 3.63) is 35.2 Å². The van der Waals surface area contributed by atoms with Gasteiger partial charge >= 0.3 is 0 Å². The molecular formula is C13H15N5S. The van der Waals surface area contributed by atoms with Gasteiger partial charge in [0.1, 0.15) is 17.0 Å². The quantitative estimate of drug-likeness (QED) is 0.794. The van der Waals surface area contributed by atoms with Crippen molar-refractivity contribution in [2.45, 2.75) is 19.9 Å². The van der Waals surface area contributed by atoms with Crippen LogP contribution in [0.1, 0.15) is 18.2 Å². The van der Waals surface area contributed by atoms with Gasteiger partial charge in [0, 0.05) is 25.4 Å². The summed E-state index contributed by atoms with van der Waals surface area (Å²) >= 11 is 1.63. The number of thiophene rings is 1. The van der Waals surface area contributed by atoms with Gasteiger partial charge in [-0.05, 0) is 17.9 Å². The van der Waals surface area contributed by atoms with Crippen molar-refractivity contribution in [1.82, 2.24) is 19.7 Å². The lowest BCUT2D eigenvalue weighted by Gasteiger charge is -2.05. The Bertz CT molecular complexity index is 700. The summed E-state index contributed by atoms with van der Waals surface area (Å²) in [5.74, 6) is 0.886. The van der Waals surface area contributed by atoms with Crippen LogP contribution in [-0.2, 0) is 20.0 Å². The monoisotopic (exact) mass is 273 g/mol. The zero-order valence-corrected chi connectivity index (χ0v) is 11.7. The van der Waals surface area contributed by atoms with Gasteiger partial charge in [0.15, 0.2) is 0 Å². The molecule has 3 aromatic heterocycles. The molecule has 0 aliphatic heterocycles. The van der Waals surface area contributed by atoms with E-state index in [1.807, 2.05) is 23.2 Å². The van der Waals surface area contributed by atoms with E-state index in [0.29, 0.717) is 0 Å². The highest BCUT2D eigenvalue weighted by atomic mass is 32.1. The second-order valence-corrected chi connectivity index (χ2v) is 5.24. The van der Waals surface area contributed by atoms with Crippen molar-refractivity contribution in [1.29, 1.82) is 0 Å². The molecule has 0 spiro atoms. The van der Waals surface area contributed by atoms with Crippen LogP contribution < -0.4 is 5.32 Å². The van der Waals surface area contributed by atoms with Crippen molar-refractivity contribution in [3.8, 4) is 0 Å². The molecule has 0 saturated carbocycles.